The van der Waals surface area contributed by atoms with Crippen LogP contribution in [0.5, 0.6) is 0 Å². The maximum atomic E-state index is 12.9. The van der Waals surface area contributed by atoms with Crippen LogP contribution in [0, 0.1) is 6.92 Å². The lowest BCUT2D eigenvalue weighted by molar-refractivity contribution is 0.102. The molecule has 4 aromatic rings. The van der Waals surface area contributed by atoms with Gasteiger partial charge in [-0.25, -0.2) is 0 Å². The first-order chi connectivity index (χ1) is 16.9. The van der Waals surface area contributed by atoms with Crippen LogP contribution in [0.2, 0.25) is 0 Å². The van der Waals surface area contributed by atoms with Gasteiger partial charge in [0.1, 0.15) is 6.23 Å². The van der Waals surface area contributed by atoms with E-state index in [2.05, 4.69) is 39.4 Å². The summed E-state index contributed by atoms with van der Waals surface area (Å²) >= 11 is 0. The molecule has 0 bridgehead atoms. The van der Waals surface area contributed by atoms with Crippen molar-refractivity contribution in [2.75, 3.05) is 12.4 Å². The van der Waals surface area contributed by atoms with E-state index in [0.717, 1.165) is 33.6 Å². The number of amides is 1. The molecule has 0 spiro atoms. The molecule has 4 rings (SSSR count). The van der Waals surface area contributed by atoms with Crippen LogP contribution >= 0.6 is 0 Å². The van der Waals surface area contributed by atoms with Crippen molar-refractivity contribution in [1.82, 2.24) is 20.3 Å². The van der Waals surface area contributed by atoms with Crippen molar-refractivity contribution < 1.29 is 9.90 Å². The first-order valence-corrected chi connectivity index (χ1v) is 11.5. The van der Waals surface area contributed by atoms with E-state index in [-0.39, 0.29) is 11.8 Å². The molecule has 0 radical (unpaired) electrons. The minimum Gasteiger partial charge on any atom is -0.373 e. The largest absolute Gasteiger partial charge is 0.373 e. The zero-order valence-corrected chi connectivity index (χ0v) is 20.3. The number of benzene rings is 1. The number of anilines is 1. The second-order valence-electron chi connectivity index (χ2n) is 8.70. The van der Waals surface area contributed by atoms with E-state index in [4.69, 9.17) is 0 Å². The summed E-state index contributed by atoms with van der Waals surface area (Å²) in [5.74, 6) is 0.0690. The standard InChI is InChI=1S/C28H29N5O2/c1-17(2)24-15-21(9-12-30-24)27(34)33-22-6-5-18(3)23(16-22)19-7-10-31-25(13-19)20-8-11-32-26(14-20)28(35)29-4/h5-17,28-29,35H,1-4H3,(H,33,34). The first kappa shape index (κ1) is 24.2. The van der Waals surface area contributed by atoms with Crippen LogP contribution in [-0.4, -0.2) is 33.0 Å². The summed E-state index contributed by atoms with van der Waals surface area (Å²) in [7, 11) is 1.67. The number of carbonyl (C=O) groups is 1. The highest BCUT2D eigenvalue weighted by atomic mass is 16.3. The van der Waals surface area contributed by atoms with Crippen molar-refractivity contribution in [2.45, 2.75) is 32.9 Å². The van der Waals surface area contributed by atoms with Gasteiger partial charge in [-0.1, -0.05) is 19.9 Å². The van der Waals surface area contributed by atoms with Crippen molar-refractivity contribution in [2.24, 2.45) is 0 Å². The van der Waals surface area contributed by atoms with Gasteiger partial charge >= 0.3 is 0 Å². The highest BCUT2D eigenvalue weighted by Gasteiger charge is 2.13. The molecular weight excluding hydrogens is 438 g/mol. The quantitative estimate of drug-likeness (QED) is 0.327. The zero-order chi connectivity index (χ0) is 24.9. The van der Waals surface area contributed by atoms with Crippen LogP contribution in [0.25, 0.3) is 22.4 Å². The second-order valence-corrected chi connectivity index (χ2v) is 8.70. The number of aromatic nitrogens is 3. The fourth-order valence-corrected chi connectivity index (χ4v) is 3.78. The number of aliphatic hydroxyl groups excluding tert-OH is 1. The number of hydrogen-bond donors (Lipinski definition) is 3. The predicted molar refractivity (Wildman–Crippen MR) is 138 cm³/mol. The normalized spacial score (nSPS) is 11.9. The Kier molecular flexibility index (Phi) is 7.29. The van der Waals surface area contributed by atoms with E-state index < -0.39 is 6.23 Å². The Labute approximate surface area is 205 Å². The molecular formula is C28H29N5O2. The molecule has 0 aliphatic carbocycles. The monoisotopic (exact) mass is 467 g/mol. The van der Waals surface area contributed by atoms with Crippen molar-refractivity contribution >= 4 is 11.6 Å². The molecule has 0 aliphatic rings. The van der Waals surface area contributed by atoms with Gasteiger partial charge in [0, 0.05) is 41.1 Å². The molecule has 0 aliphatic heterocycles. The summed E-state index contributed by atoms with van der Waals surface area (Å²) in [6, 6.07) is 17.0. The molecule has 1 unspecified atom stereocenters. The fourth-order valence-electron chi connectivity index (χ4n) is 3.78. The van der Waals surface area contributed by atoms with Crippen molar-refractivity contribution in [3.05, 3.63) is 95.7 Å². The lowest BCUT2D eigenvalue weighted by atomic mass is 9.98. The van der Waals surface area contributed by atoms with Gasteiger partial charge in [0.2, 0.25) is 0 Å². The van der Waals surface area contributed by atoms with E-state index in [1.807, 2.05) is 55.5 Å². The Bertz CT molecular complexity index is 1350. The molecule has 3 N–H and O–H groups in total. The number of carbonyl (C=O) groups excluding carboxylic acids is 1. The first-order valence-electron chi connectivity index (χ1n) is 11.5. The van der Waals surface area contributed by atoms with E-state index >= 15 is 0 Å². The Hall–Kier alpha value is -3.94. The Morgan fingerprint density at radius 2 is 1.57 bits per heavy atom. The van der Waals surface area contributed by atoms with Gasteiger partial charge in [0.25, 0.3) is 5.91 Å². The third kappa shape index (κ3) is 5.59. The fraction of sp³-hybridized carbons (Fsp3) is 0.214. The highest BCUT2D eigenvalue weighted by molar-refractivity contribution is 6.04. The average molecular weight is 468 g/mol. The average Bonchev–Trinajstić information content (AvgIpc) is 2.89. The van der Waals surface area contributed by atoms with E-state index in [1.54, 1.807) is 31.7 Å². The molecule has 3 heterocycles. The van der Waals surface area contributed by atoms with Crippen LogP contribution < -0.4 is 10.6 Å². The molecule has 7 nitrogen and oxygen atoms in total. The van der Waals surface area contributed by atoms with Crippen molar-refractivity contribution in [3.8, 4) is 22.4 Å². The van der Waals surface area contributed by atoms with Crippen LogP contribution in [0.1, 0.15) is 53.3 Å². The number of aryl methyl sites for hydroxylation is 1. The summed E-state index contributed by atoms with van der Waals surface area (Å²) in [6.07, 6.45) is 4.24. The molecule has 3 aromatic heterocycles. The minimum atomic E-state index is -0.849. The summed E-state index contributed by atoms with van der Waals surface area (Å²) < 4.78 is 0. The number of aliphatic hydroxyl groups is 1. The molecule has 1 atom stereocenters. The summed E-state index contributed by atoms with van der Waals surface area (Å²) in [6.45, 7) is 6.14. The van der Waals surface area contributed by atoms with Gasteiger partial charge in [0.05, 0.1) is 11.4 Å². The molecule has 35 heavy (non-hydrogen) atoms. The summed E-state index contributed by atoms with van der Waals surface area (Å²) in [5.41, 5.74) is 7.36. The van der Waals surface area contributed by atoms with Gasteiger partial charge in [-0.2, -0.15) is 0 Å². The Morgan fingerprint density at radius 3 is 2.34 bits per heavy atom. The van der Waals surface area contributed by atoms with Crippen LogP contribution in [0.3, 0.4) is 0 Å². The highest BCUT2D eigenvalue weighted by Crippen LogP contribution is 2.30. The lowest BCUT2D eigenvalue weighted by Crippen LogP contribution is -2.16. The van der Waals surface area contributed by atoms with Gasteiger partial charge in [-0.05, 0) is 85.1 Å². The zero-order valence-electron chi connectivity index (χ0n) is 20.3. The SMILES string of the molecule is CNC(O)c1cc(-c2cc(-c3cc(NC(=O)c4ccnc(C(C)C)c4)ccc3C)ccn2)ccn1. The number of pyridine rings is 3. The molecule has 0 fully saturated rings. The van der Waals surface area contributed by atoms with Crippen LogP contribution in [-0.2, 0) is 0 Å². The predicted octanol–water partition coefficient (Wildman–Crippen LogP) is 5.10. The van der Waals surface area contributed by atoms with E-state index in [9.17, 15) is 9.90 Å². The molecule has 7 heteroatoms. The van der Waals surface area contributed by atoms with Gasteiger partial charge < -0.3 is 10.4 Å². The van der Waals surface area contributed by atoms with E-state index in [1.165, 1.54) is 0 Å². The maximum absolute atomic E-state index is 12.9. The summed E-state index contributed by atoms with van der Waals surface area (Å²) in [5, 5.41) is 15.9. The molecule has 1 aromatic carbocycles. The number of nitrogens with one attached hydrogen (secondary N) is 2. The third-order valence-electron chi connectivity index (χ3n) is 5.83. The topological polar surface area (TPSA) is 100 Å². The Morgan fingerprint density at radius 1 is 0.857 bits per heavy atom. The lowest BCUT2D eigenvalue weighted by Gasteiger charge is -2.13. The van der Waals surface area contributed by atoms with Crippen molar-refractivity contribution in [3.63, 3.8) is 0 Å². The number of rotatable bonds is 7. The Balaban J connectivity index is 1.62. The number of hydrogen-bond acceptors (Lipinski definition) is 6. The van der Waals surface area contributed by atoms with Gasteiger partial charge in [0.15, 0.2) is 0 Å². The van der Waals surface area contributed by atoms with Crippen LogP contribution in [0.15, 0.2) is 73.2 Å². The molecule has 1 amide bonds. The summed E-state index contributed by atoms with van der Waals surface area (Å²) in [4.78, 5) is 26.0. The second kappa shape index (κ2) is 10.5. The third-order valence-corrected chi connectivity index (χ3v) is 5.83. The molecule has 178 valence electrons. The van der Waals surface area contributed by atoms with E-state index in [0.29, 0.717) is 16.9 Å². The minimum absolute atomic E-state index is 0.174. The smallest absolute Gasteiger partial charge is 0.255 e. The molecule has 0 saturated carbocycles. The number of nitrogens with zero attached hydrogens (tertiary/aromatic N) is 3. The van der Waals surface area contributed by atoms with Gasteiger partial charge in [-0.15, -0.1) is 0 Å². The maximum Gasteiger partial charge on any atom is 0.255 e. The van der Waals surface area contributed by atoms with Gasteiger partial charge in [-0.3, -0.25) is 25.1 Å². The van der Waals surface area contributed by atoms with Crippen LogP contribution in [0.4, 0.5) is 5.69 Å². The molecule has 0 saturated heterocycles. The van der Waals surface area contributed by atoms with Crippen molar-refractivity contribution in [1.29, 1.82) is 0 Å².